The minimum atomic E-state index is -0.178. The summed E-state index contributed by atoms with van der Waals surface area (Å²) in [5.41, 5.74) is 0.888. The molecule has 106 valence electrons. The van der Waals surface area contributed by atoms with Crippen LogP contribution in [0.15, 0.2) is 22.7 Å². The second kappa shape index (κ2) is 7.28. The van der Waals surface area contributed by atoms with E-state index in [4.69, 9.17) is 0 Å². The van der Waals surface area contributed by atoms with E-state index in [1.54, 1.807) is 12.1 Å². The molecule has 1 fully saturated rings. The minimum Gasteiger partial charge on any atom is -0.381 e. The SMILES string of the molecule is CCCC1CCCC(Nc2cc(F)ccc2Br)CC1. The Bertz CT molecular complexity index is 408. The lowest BCUT2D eigenvalue weighted by Gasteiger charge is -2.19. The maximum atomic E-state index is 13.3. The van der Waals surface area contributed by atoms with Crippen LogP contribution in [-0.2, 0) is 0 Å². The molecule has 1 nitrogen and oxygen atoms in total. The van der Waals surface area contributed by atoms with Crippen molar-refractivity contribution in [2.75, 3.05) is 5.32 Å². The van der Waals surface area contributed by atoms with E-state index in [9.17, 15) is 4.39 Å². The topological polar surface area (TPSA) is 12.0 Å². The lowest BCUT2D eigenvalue weighted by Crippen LogP contribution is -2.18. The van der Waals surface area contributed by atoms with Gasteiger partial charge in [-0.25, -0.2) is 4.39 Å². The van der Waals surface area contributed by atoms with Gasteiger partial charge in [0.1, 0.15) is 5.82 Å². The van der Waals surface area contributed by atoms with Gasteiger partial charge < -0.3 is 5.32 Å². The number of halogens is 2. The normalized spacial score (nSPS) is 23.9. The van der Waals surface area contributed by atoms with Crippen molar-refractivity contribution < 1.29 is 4.39 Å². The van der Waals surface area contributed by atoms with Crippen LogP contribution in [0.5, 0.6) is 0 Å². The van der Waals surface area contributed by atoms with Gasteiger partial charge in [-0.1, -0.05) is 32.6 Å². The molecule has 0 aromatic heterocycles. The monoisotopic (exact) mass is 327 g/mol. The Morgan fingerprint density at radius 2 is 2.11 bits per heavy atom. The molecule has 2 atom stereocenters. The highest BCUT2D eigenvalue weighted by Crippen LogP contribution is 2.30. The van der Waals surface area contributed by atoms with E-state index in [1.807, 2.05) is 0 Å². The molecule has 0 saturated heterocycles. The summed E-state index contributed by atoms with van der Waals surface area (Å²) >= 11 is 3.48. The maximum absolute atomic E-state index is 13.3. The molecule has 1 aliphatic carbocycles. The average Bonchev–Trinajstić information content (AvgIpc) is 2.60. The Morgan fingerprint density at radius 1 is 1.26 bits per heavy atom. The number of nitrogens with one attached hydrogen (secondary N) is 1. The van der Waals surface area contributed by atoms with Crippen LogP contribution in [0, 0.1) is 11.7 Å². The number of benzene rings is 1. The first-order valence-corrected chi connectivity index (χ1v) is 8.20. The summed E-state index contributed by atoms with van der Waals surface area (Å²) in [5, 5.41) is 3.51. The largest absolute Gasteiger partial charge is 0.381 e. The quantitative estimate of drug-likeness (QED) is 0.694. The van der Waals surface area contributed by atoms with Crippen molar-refractivity contribution in [1.82, 2.24) is 0 Å². The zero-order valence-electron chi connectivity index (χ0n) is 11.6. The van der Waals surface area contributed by atoms with Gasteiger partial charge in [-0.05, 0) is 59.3 Å². The summed E-state index contributed by atoms with van der Waals surface area (Å²) < 4.78 is 14.2. The fraction of sp³-hybridized carbons (Fsp3) is 0.625. The van der Waals surface area contributed by atoms with Crippen LogP contribution in [0.2, 0.25) is 0 Å². The molecule has 0 spiro atoms. The predicted octanol–water partition coefficient (Wildman–Crippen LogP) is 5.75. The smallest absolute Gasteiger partial charge is 0.125 e. The summed E-state index contributed by atoms with van der Waals surface area (Å²) in [6.07, 6.45) is 9.00. The Labute approximate surface area is 124 Å². The molecule has 1 aromatic carbocycles. The van der Waals surface area contributed by atoms with E-state index in [1.165, 1.54) is 51.0 Å². The first-order chi connectivity index (χ1) is 9.19. The molecule has 2 unspecified atom stereocenters. The molecule has 1 aromatic rings. The van der Waals surface area contributed by atoms with Crippen molar-refractivity contribution in [3.05, 3.63) is 28.5 Å². The van der Waals surface area contributed by atoms with E-state index in [0.29, 0.717) is 6.04 Å². The number of hydrogen-bond acceptors (Lipinski definition) is 1. The Morgan fingerprint density at radius 3 is 2.89 bits per heavy atom. The summed E-state index contributed by atoms with van der Waals surface area (Å²) in [5.74, 6) is 0.718. The second-order valence-corrected chi connectivity index (χ2v) is 6.48. The van der Waals surface area contributed by atoms with E-state index in [-0.39, 0.29) is 5.82 Å². The van der Waals surface area contributed by atoms with Crippen molar-refractivity contribution in [2.45, 2.75) is 57.9 Å². The number of anilines is 1. The lowest BCUT2D eigenvalue weighted by molar-refractivity contribution is 0.422. The fourth-order valence-corrected chi connectivity index (χ4v) is 3.41. The fourth-order valence-electron chi connectivity index (χ4n) is 3.05. The Hall–Kier alpha value is -0.570. The summed E-state index contributed by atoms with van der Waals surface area (Å²) in [6.45, 7) is 2.27. The molecule has 3 heteroatoms. The molecule has 0 amide bonds. The van der Waals surface area contributed by atoms with Gasteiger partial charge in [-0.3, -0.25) is 0 Å². The van der Waals surface area contributed by atoms with Crippen molar-refractivity contribution >= 4 is 21.6 Å². The lowest BCUT2D eigenvalue weighted by atomic mass is 9.95. The first-order valence-electron chi connectivity index (χ1n) is 7.40. The third-order valence-electron chi connectivity index (χ3n) is 4.07. The van der Waals surface area contributed by atoms with Crippen LogP contribution in [0.3, 0.4) is 0 Å². The van der Waals surface area contributed by atoms with Crippen molar-refractivity contribution in [3.8, 4) is 0 Å². The van der Waals surface area contributed by atoms with Crippen molar-refractivity contribution in [2.24, 2.45) is 5.92 Å². The molecular weight excluding hydrogens is 305 g/mol. The average molecular weight is 328 g/mol. The summed E-state index contributed by atoms with van der Waals surface area (Å²) in [4.78, 5) is 0. The van der Waals surface area contributed by atoms with Crippen molar-refractivity contribution in [1.29, 1.82) is 0 Å². The van der Waals surface area contributed by atoms with E-state index in [2.05, 4.69) is 28.2 Å². The maximum Gasteiger partial charge on any atom is 0.125 e. The van der Waals surface area contributed by atoms with Crippen LogP contribution in [0.4, 0.5) is 10.1 Å². The van der Waals surface area contributed by atoms with Crippen LogP contribution in [0.25, 0.3) is 0 Å². The highest BCUT2D eigenvalue weighted by Gasteiger charge is 2.18. The molecule has 0 radical (unpaired) electrons. The molecule has 2 rings (SSSR count). The molecule has 19 heavy (non-hydrogen) atoms. The summed E-state index contributed by atoms with van der Waals surface area (Å²) in [7, 11) is 0. The zero-order chi connectivity index (χ0) is 13.7. The van der Waals surface area contributed by atoms with Gasteiger partial charge in [0.2, 0.25) is 0 Å². The highest BCUT2D eigenvalue weighted by molar-refractivity contribution is 9.10. The van der Waals surface area contributed by atoms with Crippen LogP contribution in [-0.4, -0.2) is 6.04 Å². The molecule has 0 bridgehead atoms. The minimum absolute atomic E-state index is 0.178. The molecule has 0 heterocycles. The molecule has 1 aliphatic rings. The molecule has 1 N–H and O–H groups in total. The standard InChI is InChI=1S/C16H23BrFN/c1-2-4-12-5-3-6-14(9-7-12)19-16-11-13(18)8-10-15(16)17/h8,10-12,14,19H,2-7,9H2,1H3. The van der Waals surface area contributed by atoms with Crippen molar-refractivity contribution in [3.63, 3.8) is 0 Å². The van der Waals surface area contributed by atoms with Gasteiger partial charge in [0.15, 0.2) is 0 Å². The molecule has 1 saturated carbocycles. The van der Waals surface area contributed by atoms with Gasteiger partial charge in [0.25, 0.3) is 0 Å². The van der Waals surface area contributed by atoms with Crippen LogP contribution in [0.1, 0.15) is 51.9 Å². The van der Waals surface area contributed by atoms with E-state index in [0.717, 1.165) is 16.1 Å². The number of hydrogen-bond donors (Lipinski definition) is 1. The molecule has 0 aliphatic heterocycles. The van der Waals surface area contributed by atoms with Gasteiger partial charge in [0.05, 0.1) is 5.69 Å². The van der Waals surface area contributed by atoms with Gasteiger partial charge in [-0.15, -0.1) is 0 Å². The van der Waals surface area contributed by atoms with Crippen LogP contribution >= 0.6 is 15.9 Å². The van der Waals surface area contributed by atoms with Gasteiger partial charge in [0, 0.05) is 10.5 Å². The third kappa shape index (κ3) is 4.48. The predicted molar refractivity (Wildman–Crippen MR) is 83.0 cm³/mol. The highest BCUT2D eigenvalue weighted by atomic mass is 79.9. The van der Waals surface area contributed by atoms with Gasteiger partial charge in [-0.2, -0.15) is 0 Å². The number of rotatable bonds is 4. The van der Waals surface area contributed by atoms with E-state index >= 15 is 0 Å². The van der Waals surface area contributed by atoms with E-state index < -0.39 is 0 Å². The first kappa shape index (κ1) is 14.8. The second-order valence-electron chi connectivity index (χ2n) is 5.63. The Balaban J connectivity index is 1.94. The Kier molecular flexibility index (Phi) is 5.68. The summed E-state index contributed by atoms with van der Waals surface area (Å²) in [6, 6.07) is 5.33. The van der Waals surface area contributed by atoms with Gasteiger partial charge >= 0.3 is 0 Å². The zero-order valence-corrected chi connectivity index (χ0v) is 13.2. The third-order valence-corrected chi connectivity index (χ3v) is 4.76. The van der Waals surface area contributed by atoms with Crippen LogP contribution < -0.4 is 5.32 Å². The molecular formula is C16H23BrFN.